The van der Waals surface area contributed by atoms with Gasteiger partial charge in [0.15, 0.2) is 0 Å². The molecule has 0 aliphatic carbocycles. The number of aromatic nitrogens is 1. The number of nitrogens with zero attached hydrogens (tertiary/aromatic N) is 1. The van der Waals surface area contributed by atoms with Gasteiger partial charge in [0, 0.05) is 37.9 Å². The average Bonchev–Trinajstić information content (AvgIpc) is 2.98. The summed E-state index contributed by atoms with van der Waals surface area (Å²) in [6.07, 6.45) is 3.72. The smallest absolute Gasteiger partial charge is 0.0515 e. The Kier molecular flexibility index (Phi) is 4.60. The van der Waals surface area contributed by atoms with Crippen LogP contribution in [0.3, 0.4) is 0 Å². The number of hydrogen-bond donors (Lipinski definition) is 3. The molecular formula is C17H22N4. The van der Waals surface area contributed by atoms with Crippen LogP contribution < -0.4 is 16.2 Å². The lowest BCUT2D eigenvalue weighted by molar-refractivity contribution is 0.441. The van der Waals surface area contributed by atoms with Crippen molar-refractivity contribution in [3.8, 4) is 0 Å². The predicted octanol–water partition coefficient (Wildman–Crippen LogP) is 1.94. The van der Waals surface area contributed by atoms with Crippen LogP contribution in [0.25, 0.3) is 0 Å². The topological polar surface area (TPSA) is 49.0 Å². The maximum Gasteiger partial charge on any atom is 0.0515 e. The lowest BCUT2D eigenvalue weighted by atomic mass is 9.94. The summed E-state index contributed by atoms with van der Waals surface area (Å²) in [6.45, 7) is 4.95. The Bertz CT molecular complexity index is 553. The zero-order valence-corrected chi connectivity index (χ0v) is 12.3. The Balaban J connectivity index is 1.56. The van der Waals surface area contributed by atoms with Crippen molar-refractivity contribution in [2.45, 2.75) is 19.5 Å². The zero-order valence-electron chi connectivity index (χ0n) is 12.3. The van der Waals surface area contributed by atoms with Gasteiger partial charge in [0.25, 0.3) is 0 Å². The molecule has 0 amide bonds. The van der Waals surface area contributed by atoms with Crippen molar-refractivity contribution in [2.75, 3.05) is 13.1 Å². The Morgan fingerprint density at radius 1 is 1.24 bits per heavy atom. The second kappa shape index (κ2) is 6.80. The minimum Gasteiger partial charge on any atom is -0.312 e. The van der Waals surface area contributed by atoms with Gasteiger partial charge in [-0.15, -0.1) is 0 Å². The van der Waals surface area contributed by atoms with E-state index in [-0.39, 0.29) is 0 Å². The summed E-state index contributed by atoms with van der Waals surface area (Å²) in [7, 11) is 0. The third kappa shape index (κ3) is 3.67. The standard InChI is InChI=1S/C17H22N4/c1-13-4-6-15(7-5-13)17-16(12-20-21-17)11-19-10-14-3-2-8-18-9-14/h2-9,16-17,19-21H,10-12H2,1H3. The highest BCUT2D eigenvalue weighted by Gasteiger charge is 2.27. The Hall–Kier alpha value is -1.75. The van der Waals surface area contributed by atoms with Crippen LogP contribution in [-0.4, -0.2) is 18.1 Å². The average molecular weight is 282 g/mol. The van der Waals surface area contributed by atoms with Crippen LogP contribution in [0.1, 0.15) is 22.7 Å². The van der Waals surface area contributed by atoms with Crippen LogP contribution in [0, 0.1) is 12.8 Å². The van der Waals surface area contributed by atoms with E-state index in [1.165, 1.54) is 16.7 Å². The van der Waals surface area contributed by atoms with Crippen molar-refractivity contribution in [3.05, 3.63) is 65.5 Å². The van der Waals surface area contributed by atoms with Crippen molar-refractivity contribution < 1.29 is 0 Å². The molecule has 0 spiro atoms. The van der Waals surface area contributed by atoms with Crippen LogP contribution in [0.4, 0.5) is 0 Å². The summed E-state index contributed by atoms with van der Waals surface area (Å²) in [6, 6.07) is 13.2. The highest BCUT2D eigenvalue weighted by Crippen LogP contribution is 2.24. The van der Waals surface area contributed by atoms with Crippen molar-refractivity contribution in [2.24, 2.45) is 5.92 Å². The molecule has 1 aliphatic rings. The van der Waals surface area contributed by atoms with Gasteiger partial charge in [0.1, 0.15) is 0 Å². The predicted molar refractivity (Wildman–Crippen MR) is 84.5 cm³/mol. The zero-order chi connectivity index (χ0) is 14.5. The van der Waals surface area contributed by atoms with E-state index in [1.54, 1.807) is 0 Å². The van der Waals surface area contributed by atoms with E-state index < -0.39 is 0 Å². The van der Waals surface area contributed by atoms with Gasteiger partial charge in [0.2, 0.25) is 0 Å². The van der Waals surface area contributed by atoms with E-state index >= 15 is 0 Å². The minimum absolute atomic E-state index is 0.368. The van der Waals surface area contributed by atoms with Gasteiger partial charge in [-0.1, -0.05) is 35.9 Å². The lowest BCUT2D eigenvalue weighted by Gasteiger charge is -2.19. The van der Waals surface area contributed by atoms with Gasteiger partial charge in [-0.25, -0.2) is 5.43 Å². The minimum atomic E-state index is 0.368. The first-order chi connectivity index (χ1) is 10.3. The fourth-order valence-electron chi connectivity index (χ4n) is 2.76. The number of rotatable bonds is 5. The number of aryl methyl sites for hydroxylation is 1. The van der Waals surface area contributed by atoms with Crippen LogP contribution in [0.15, 0.2) is 48.8 Å². The van der Waals surface area contributed by atoms with E-state index in [9.17, 15) is 0 Å². The molecule has 0 bridgehead atoms. The van der Waals surface area contributed by atoms with E-state index in [4.69, 9.17) is 0 Å². The molecule has 1 saturated heterocycles. The molecule has 2 atom stereocenters. The molecule has 3 rings (SSSR count). The van der Waals surface area contributed by atoms with E-state index in [1.807, 2.05) is 18.5 Å². The van der Waals surface area contributed by atoms with Crippen molar-refractivity contribution in [1.82, 2.24) is 21.2 Å². The molecule has 2 heterocycles. The van der Waals surface area contributed by atoms with Gasteiger partial charge in [-0.2, -0.15) is 0 Å². The Morgan fingerprint density at radius 3 is 2.86 bits per heavy atom. The largest absolute Gasteiger partial charge is 0.312 e. The fourth-order valence-corrected chi connectivity index (χ4v) is 2.76. The molecular weight excluding hydrogens is 260 g/mol. The highest BCUT2D eigenvalue weighted by atomic mass is 15.4. The molecule has 2 unspecified atom stereocenters. The van der Waals surface area contributed by atoms with Gasteiger partial charge in [0.05, 0.1) is 6.04 Å². The van der Waals surface area contributed by atoms with Gasteiger partial charge >= 0.3 is 0 Å². The molecule has 0 radical (unpaired) electrons. The molecule has 0 saturated carbocycles. The molecule has 3 N–H and O–H groups in total. The molecule has 110 valence electrons. The number of pyridine rings is 1. The summed E-state index contributed by atoms with van der Waals surface area (Å²) in [5.41, 5.74) is 10.5. The Labute approximate surface area is 126 Å². The molecule has 1 aromatic carbocycles. The van der Waals surface area contributed by atoms with Crippen LogP contribution in [0.5, 0.6) is 0 Å². The van der Waals surface area contributed by atoms with Crippen molar-refractivity contribution in [3.63, 3.8) is 0 Å². The summed E-state index contributed by atoms with van der Waals surface area (Å²) in [5.74, 6) is 0.546. The summed E-state index contributed by atoms with van der Waals surface area (Å²) >= 11 is 0. The second-order valence-electron chi connectivity index (χ2n) is 5.67. The maximum atomic E-state index is 4.14. The number of benzene rings is 1. The SMILES string of the molecule is Cc1ccc(C2NNCC2CNCc2cccnc2)cc1. The molecule has 1 fully saturated rings. The molecule has 1 aromatic heterocycles. The maximum absolute atomic E-state index is 4.14. The molecule has 21 heavy (non-hydrogen) atoms. The van der Waals surface area contributed by atoms with E-state index in [2.05, 4.69) is 58.4 Å². The van der Waals surface area contributed by atoms with Crippen LogP contribution >= 0.6 is 0 Å². The summed E-state index contributed by atoms with van der Waals surface area (Å²) in [4.78, 5) is 4.14. The molecule has 2 aromatic rings. The lowest BCUT2D eigenvalue weighted by Crippen LogP contribution is -2.28. The first-order valence-electron chi connectivity index (χ1n) is 7.47. The highest BCUT2D eigenvalue weighted by molar-refractivity contribution is 5.25. The number of hydrazine groups is 1. The third-order valence-electron chi connectivity index (χ3n) is 3.99. The second-order valence-corrected chi connectivity index (χ2v) is 5.67. The Morgan fingerprint density at radius 2 is 2.10 bits per heavy atom. The molecule has 1 aliphatic heterocycles. The van der Waals surface area contributed by atoms with E-state index in [0.29, 0.717) is 12.0 Å². The fraction of sp³-hybridized carbons (Fsp3) is 0.353. The van der Waals surface area contributed by atoms with Gasteiger partial charge in [-0.05, 0) is 24.1 Å². The van der Waals surface area contributed by atoms with Crippen LogP contribution in [-0.2, 0) is 6.54 Å². The third-order valence-corrected chi connectivity index (χ3v) is 3.99. The van der Waals surface area contributed by atoms with E-state index in [0.717, 1.165) is 19.6 Å². The first-order valence-corrected chi connectivity index (χ1v) is 7.47. The van der Waals surface area contributed by atoms with Gasteiger partial charge in [-0.3, -0.25) is 10.4 Å². The summed E-state index contributed by atoms with van der Waals surface area (Å²) < 4.78 is 0. The summed E-state index contributed by atoms with van der Waals surface area (Å²) in [5, 5.41) is 3.53. The monoisotopic (exact) mass is 282 g/mol. The number of nitrogens with one attached hydrogen (secondary N) is 3. The normalized spacial score (nSPS) is 21.6. The first kappa shape index (κ1) is 14.2. The quantitative estimate of drug-likeness (QED) is 0.784. The molecule has 4 heteroatoms. The molecule has 4 nitrogen and oxygen atoms in total. The van der Waals surface area contributed by atoms with Crippen LogP contribution in [0.2, 0.25) is 0 Å². The van der Waals surface area contributed by atoms with Crippen molar-refractivity contribution >= 4 is 0 Å². The van der Waals surface area contributed by atoms with Gasteiger partial charge < -0.3 is 5.32 Å². The number of hydrogen-bond acceptors (Lipinski definition) is 4. The van der Waals surface area contributed by atoms with Crippen molar-refractivity contribution in [1.29, 1.82) is 0 Å².